The van der Waals surface area contributed by atoms with Crippen LogP contribution in [-0.2, 0) is 0 Å². The van der Waals surface area contributed by atoms with Gasteiger partial charge in [0.25, 0.3) is 0 Å². The van der Waals surface area contributed by atoms with E-state index >= 15 is 0 Å². The lowest BCUT2D eigenvalue weighted by molar-refractivity contribution is 1.54. The van der Waals surface area contributed by atoms with Gasteiger partial charge in [-0.15, -0.1) is 0 Å². The summed E-state index contributed by atoms with van der Waals surface area (Å²) in [7, 11) is 0. The zero-order valence-electron chi connectivity index (χ0n) is 7.34. The number of fused-ring (bicyclic) bond motifs is 3. The summed E-state index contributed by atoms with van der Waals surface area (Å²) in [6.07, 6.45) is 0. The molecule has 1 aromatic heterocycles. The first kappa shape index (κ1) is 8.06. The Morgan fingerprint density at radius 3 is 2.86 bits per heavy atom. The average molecular weight is 245 g/mol. The highest BCUT2D eigenvalue weighted by Gasteiger charge is 2.02. The number of aromatic nitrogens is 1. The van der Waals surface area contributed by atoms with Gasteiger partial charge in [-0.25, -0.2) is 0 Å². The zero-order valence-corrected chi connectivity index (χ0v) is 8.93. The quantitative estimate of drug-likeness (QED) is 0.618. The van der Waals surface area contributed by atoms with Crippen LogP contribution >= 0.6 is 15.9 Å². The summed E-state index contributed by atoms with van der Waals surface area (Å²) in [6, 6.07) is 15.5. The summed E-state index contributed by atoms with van der Waals surface area (Å²) in [5.41, 5.74) is 2.32. The van der Waals surface area contributed by atoms with E-state index in [-0.39, 0.29) is 0 Å². The highest BCUT2D eigenvalue weighted by atomic mass is 79.9. The summed E-state index contributed by atoms with van der Waals surface area (Å²) in [6.45, 7) is 0. The molecular weight excluding hydrogens is 238 g/mol. The van der Waals surface area contributed by atoms with Crippen molar-refractivity contribution >= 4 is 37.7 Å². The van der Waals surface area contributed by atoms with Crippen LogP contribution in [0.4, 0.5) is 0 Å². The fourth-order valence-corrected chi connectivity index (χ4v) is 2.11. The molecule has 0 bridgehead atoms. The van der Waals surface area contributed by atoms with Crippen LogP contribution in [-0.4, -0.2) is 4.98 Å². The lowest BCUT2D eigenvalue weighted by Gasteiger charge is -1.90. The molecule has 1 nitrogen and oxygen atoms in total. The number of nitrogens with one attached hydrogen (secondary N) is 1. The van der Waals surface area contributed by atoms with E-state index in [4.69, 9.17) is 0 Å². The molecule has 67 valence electrons. The second-order valence-corrected chi connectivity index (χ2v) is 4.13. The molecule has 14 heavy (non-hydrogen) atoms. The Hall–Kier alpha value is -1.28. The number of benzene rings is 2. The van der Waals surface area contributed by atoms with Crippen molar-refractivity contribution in [3.8, 4) is 0 Å². The lowest BCUT2D eigenvalue weighted by atomic mass is 10.2. The third kappa shape index (κ3) is 1.07. The average Bonchev–Trinajstić information content (AvgIpc) is 2.54. The van der Waals surface area contributed by atoms with Crippen molar-refractivity contribution in [1.29, 1.82) is 0 Å². The Labute approximate surface area is 89.9 Å². The van der Waals surface area contributed by atoms with Crippen molar-refractivity contribution in [3.05, 3.63) is 46.9 Å². The molecule has 0 spiro atoms. The maximum Gasteiger partial charge on any atom is 0.0476 e. The Kier molecular flexibility index (Phi) is 1.64. The molecule has 3 rings (SSSR count). The van der Waals surface area contributed by atoms with E-state index < -0.39 is 0 Å². The third-order valence-corrected chi connectivity index (χ3v) is 2.86. The zero-order chi connectivity index (χ0) is 9.54. The molecule has 0 aliphatic rings. The SMILES string of the molecule is Brc1[c]cc2c(c1)[nH]c1ccccc12. The van der Waals surface area contributed by atoms with E-state index in [0.717, 1.165) is 9.99 Å². The number of rotatable bonds is 0. The van der Waals surface area contributed by atoms with Crippen LogP contribution in [0.15, 0.2) is 40.9 Å². The normalized spacial score (nSPS) is 11.2. The van der Waals surface area contributed by atoms with Crippen LogP contribution in [0.5, 0.6) is 0 Å². The number of halogens is 1. The Morgan fingerprint density at radius 1 is 1.07 bits per heavy atom. The number of H-pyrrole nitrogens is 1. The number of hydrogen-bond acceptors (Lipinski definition) is 0. The fraction of sp³-hybridized carbons (Fsp3) is 0. The molecule has 1 N–H and O–H groups in total. The molecule has 0 saturated heterocycles. The van der Waals surface area contributed by atoms with Gasteiger partial charge in [0.2, 0.25) is 0 Å². The highest BCUT2D eigenvalue weighted by Crippen LogP contribution is 2.26. The molecule has 2 aromatic carbocycles. The smallest absolute Gasteiger partial charge is 0.0476 e. The maximum absolute atomic E-state index is 3.41. The predicted octanol–water partition coefficient (Wildman–Crippen LogP) is 3.88. The maximum atomic E-state index is 3.41. The van der Waals surface area contributed by atoms with Crippen molar-refractivity contribution < 1.29 is 0 Å². The number of para-hydroxylation sites is 1. The van der Waals surface area contributed by atoms with Crippen molar-refractivity contribution in [1.82, 2.24) is 4.98 Å². The van der Waals surface area contributed by atoms with Gasteiger partial charge in [0.1, 0.15) is 0 Å². The van der Waals surface area contributed by atoms with Gasteiger partial charge in [-0.3, -0.25) is 0 Å². The summed E-state index contributed by atoms with van der Waals surface area (Å²) < 4.78 is 0.983. The van der Waals surface area contributed by atoms with Crippen LogP contribution in [0.2, 0.25) is 0 Å². The van der Waals surface area contributed by atoms with Crippen LogP contribution in [0.25, 0.3) is 21.8 Å². The molecule has 3 aromatic rings. The minimum Gasteiger partial charge on any atom is -0.354 e. The van der Waals surface area contributed by atoms with Gasteiger partial charge in [0.05, 0.1) is 0 Å². The van der Waals surface area contributed by atoms with Crippen molar-refractivity contribution in [3.63, 3.8) is 0 Å². The van der Waals surface area contributed by atoms with E-state index in [9.17, 15) is 0 Å². The van der Waals surface area contributed by atoms with Crippen LogP contribution in [0.1, 0.15) is 0 Å². The highest BCUT2D eigenvalue weighted by molar-refractivity contribution is 9.10. The largest absolute Gasteiger partial charge is 0.354 e. The molecule has 1 radical (unpaired) electrons. The van der Waals surface area contributed by atoms with Gasteiger partial charge >= 0.3 is 0 Å². The predicted molar refractivity (Wildman–Crippen MR) is 62.3 cm³/mol. The first-order valence-electron chi connectivity index (χ1n) is 4.42. The summed E-state index contributed by atoms with van der Waals surface area (Å²) >= 11 is 3.41. The fourth-order valence-electron chi connectivity index (χ4n) is 1.76. The molecule has 0 amide bonds. The minimum absolute atomic E-state index is 0.983. The van der Waals surface area contributed by atoms with E-state index in [2.05, 4.69) is 51.2 Å². The second kappa shape index (κ2) is 2.85. The van der Waals surface area contributed by atoms with E-state index in [1.807, 2.05) is 12.1 Å². The van der Waals surface area contributed by atoms with Gasteiger partial charge in [0.15, 0.2) is 0 Å². The summed E-state index contributed by atoms with van der Waals surface area (Å²) in [5.74, 6) is 0. The standard InChI is InChI=1S/C12H7BrN/c13-8-5-6-10-9-3-1-2-4-11(9)14-12(10)7-8/h1-4,6-7,14H. The number of aromatic amines is 1. The molecule has 0 saturated carbocycles. The van der Waals surface area contributed by atoms with E-state index in [1.54, 1.807) is 0 Å². The molecule has 2 heteroatoms. The van der Waals surface area contributed by atoms with Gasteiger partial charge in [0, 0.05) is 26.3 Å². The first-order chi connectivity index (χ1) is 6.84. The van der Waals surface area contributed by atoms with Crippen molar-refractivity contribution in [2.24, 2.45) is 0 Å². The molecule has 0 aliphatic carbocycles. The molecular formula is C12H7BrN. The second-order valence-electron chi connectivity index (χ2n) is 3.28. The molecule has 1 heterocycles. The van der Waals surface area contributed by atoms with Crippen molar-refractivity contribution in [2.45, 2.75) is 0 Å². The molecule has 0 fully saturated rings. The molecule has 0 atom stereocenters. The lowest BCUT2D eigenvalue weighted by Crippen LogP contribution is -1.67. The van der Waals surface area contributed by atoms with Crippen LogP contribution in [0, 0.1) is 6.07 Å². The van der Waals surface area contributed by atoms with Gasteiger partial charge in [-0.05, 0) is 24.3 Å². The summed E-state index contributed by atoms with van der Waals surface area (Å²) in [5, 5.41) is 2.48. The first-order valence-corrected chi connectivity index (χ1v) is 5.21. The topological polar surface area (TPSA) is 15.8 Å². The number of hydrogen-bond donors (Lipinski definition) is 1. The Balaban J connectivity index is 2.57. The Bertz CT molecular complexity index is 610. The van der Waals surface area contributed by atoms with Crippen LogP contribution < -0.4 is 0 Å². The van der Waals surface area contributed by atoms with Gasteiger partial charge < -0.3 is 4.98 Å². The van der Waals surface area contributed by atoms with Gasteiger partial charge in [-0.2, -0.15) is 0 Å². The molecule has 0 aliphatic heterocycles. The minimum atomic E-state index is 0.983. The van der Waals surface area contributed by atoms with E-state index in [1.165, 1.54) is 16.3 Å². The summed E-state index contributed by atoms with van der Waals surface area (Å²) in [4.78, 5) is 3.37. The monoisotopic (exact) mass is 244 g/mol. The van der Waals surface area contributed by atoms with Crippen molar-refractivity contribution in [2.75, 3.05) is 0 Å². The third-order valence-electron chi connectivity index (χ3n) is 2.40. The Morgan fingerprint density at radius 2 is 1.93 bits per heavy atom. The molecule has 0 unspecified atom stereocenters. The van der Waals surface area contributed by atoms with E-state index in [0.29, 0.717) is 0 Å². The van der Waals surface area contributed by atoms with Gasteiger partial charge in [-0.1, -0.05) is 34.1 Å². The van der Waals surface area contributed by atoms with Crippen LogP contribution in [0.3, 0.4) is 0 Å².